The van der Waals surface area contributed by atoms with Crippen LogP contribution >= 0.6 is 0 Å². The molecule has 32 heavy (non-hydrogen) atoms. The van der Waals surface area contributed by atoms with E-state index in [1.165, 1.54) is 0 Å². The third kappa shape index (κ3) is 4.56. The fraction of sp³-hybridized carbons (Fsp3) is 0.115. The van der Waals surface area contributed by atoms with Crippen molar-refractivity contribution >= 4 is 22.8 Å². The number of carbonyl (C=O) groups excluding carboxylic acids is 1. The number of aromatic nitrogens is 1. The SMILES string of the molecule is Cc1c(C(=O)Nc2ccc([S+](C)[O-])cc2)cn(C)c1-c1ccccc1Oc1ccccc1. The predicted octanol–water partition coefficient (Wildman–Crippen LogP) is 5.78. The molecule has 0 bridgehead atoms. The quantitative estimate of drug-likeness (QED) is 0.383. The molecule has 0 fully saturated rings. The monoisotopic (exact) mass is 444 g/mol. The van der Waals surface area contributed by atoms with Crippen LogP contribution in [-0.2, 0) is 18.2 Å². The van der Waals surface area contributed by atoms with Crippen molar-refractivity contribution in [2.45, 2.75) is 11.8 Å². The van der Waals surface area contributed by atoms with Crippen molar-refractivity contribution in [1.82, 2.24) is 4.57 Å². The number of benzene rings is 3. The highest BCUT2D eigenvalue weighted by Crippen LogP contribution is 2.36. The van der Waals surface area contributed by atoms with Crippen molar-refractivity contribution in [2.75, 3.05) is 11.6 Å². The standard InChI is InChI=1S/C26H24N2O3S/c1-18-23(26(29)27-19-13-15-21(16-14-19)32(3)30)17-28(2)25(18)22-11-7-8-12-24(22)31-20-9-5-4-6-10-20/h4-17H,1-3H3,(H,27,29). The second-order valence-electron chi connectivity index (χ2n) is 7.47. The molecule has 0 aliphatic carbocycles. The molecule has 0 aliphatic rings. The average molecular weight is 445 g/mol. The minimum Gasteiger partial charge on any atom is -0.612 e. The van der Waals surface area contributed by atoms with Crippen molar-refractivity contribution in [3.8, 4) is 22.8 Å². The van der Waals surface area contributed by atoms with Gasteiger partial charge in [0, 0.05) is 24.5 Å². The van der Waals surface area contributed by atoms with Gasteiger partial charge in [0.1, 0.15) is 17.8 Å². The molecule has 162 valence electrons. The number of amides is 1. The van der Waals surface area contributed by atoms with Crippen molar-refractivity contribution < 1.29 is 14.1 Å². The van der Waals surface area contributed by atoms with Crippen molar-refractivity contribution in [3.63, 3.8) is 0 Å². The zero-order valence-corrected chi connectivity index (χ0v) is 19.0. The number of hydrogen-bond acceptors (Lipinski definition) is 3. The molecular weight excluding hydrogens is 420 g/mol. The molecule has 5 nitrogen and oxygen atoms in total. The van der Waals surface area contributed by atoms with Gasteiger partial charge in [0.2, 0.25) is 0 Å². The molecule has 4 rings (SSSR count). The maximum atomic E-state index is 13.0. The Balaban J connectivity index is 1.63. The maximum absolute atomic E-state index is 13.0. The number of hydrogen-bond donors (Lipinski definition) is 1. The third-order valence-electron chi connectivity index (χ3n) is 5.24. The van der Waals surface area contributed by atoms with E-state index in [-0.39, 0.29) is 5.91 Å². The number of aryl methyl sites for hydroxylation is 1. The van der Waals surface area contributed by atoms with E-state index >= 15 is 0 Å². The Hall–Kier alpha value is -3.48. The molecule has 6 heteroatoms. The molecule has 0 saturated carbocycles. The van der Waals surface area contributed by atoms with Gasteiger partial charge < -0.3 is 19.2 Å². The molecule has 0 radical (unpaired) electrons. The summed E-state index contributed by atoms with van der Waals surface area (Å²) in [5, 5.41) is 2.93. The van der Waals surface area contributed by atoms with Gasteiger partial charge in [-0.05, 0) is 72.2 Å². The van der Waals surface area contributed by atoms with Gasteiger partial charge in [-0.3, -0.25) is 4.79 Å². The van der Waals surface area contributed by atoms with Gasteiger partial charge in [0.25, 0.3) is 5.91 Å². The Bertz CT molecular complexity index is 1230. The van der Waals surface area contributed by atoms with Crippen LogP contribution in [0, 0.1) is 6.92 Å². The molecule has 0 saturated heterocycles. The van der Waals surface area contributed by atoms with E-state index in [4.69, 9.17) is 4.74 Å². The second kappa shape index (κ2) is 9.34. The lowest BCUT2D eigenvalue weighted by Crippen LogP contribution is -2.12. The predicted molar refractivity (Wildman–Crippen MR) is 129 cm³/mol. The molecule has 1 heterocycles. The first kappa shape index (κ1) is 21.7. The number of rotatable bonds is 6. The molecule has 4 aromatic rings. The summed E-state index contributed by atoms with van der Waals surface area (Å²) in [4.78, 5) is 13.7. The van der Waals surface area contributed by atoms with Gasteiger partial charge in [-0.25, -0.2) is 0 Å². The molecular formula is C26H24N2O3S. The van der Waals surface area contributed by atoms with Crippen LogP contribution in [0.5, 0.6) is 11.5 Å². The first-order valence-electron chi connectivity index (χ1n) is 10.2. The van der Waals surface area contributed by atoms with Crippen LogP contribution in [-0.4, -0.2) is 21.3 Å². The Morgan fingerprint density at radius 1 is 0.969 bits per heavy atom. The average Bonchev–Trinajstić information content (AvgIpc) is 3.09. The van der Waals surface area contributed by atoms with E-state index < -0.39 is 11.2 Å². The number of anilines is 1. The zero-order chi connectivity index (χ0) is 22.7. The lowest BCUT2D eigenvalue weighted by molar-refractivity contribution is 0.102. The topological polar surface area (TPSA) is 66.3 Å². The van der Waals surface area contributed by atoms with Gasteiger partial charge >= 0.3 is 0 Å². The Labute approximate surface area is 190 Å². The fourth-order valence-electron chi connectivity index (χ4n) is 3.66. The lowest BCUT2D eigenvalue weighted by Gasteiger charge is -2.13. The van der Waals surface area contributed by atoms with E-state index in [1.54, 1.807) is 30.5 Å². The number of nitrogens with zero attached hydrogens (tertiary/aromatic N) is 1. The fourth-order valence-corrected chi connectivity index (χ4v) is 4.18. The van der Waals surface area contributed by atoms with Crippen LogP contribution in [0.15, 0.2) is 90.0 Å². The first-order chi connectivity index (χ1) is 15.4. The Morgan fingerprint density at radius 3 is 2.31 bits per heavy atom. The van der Waals surface area contributed by atoms with Crippen LogP contribution < -0.4 is 10.1 Å². The molecule has 1 aromatic heterocycles. The summed E-state index contributed by atoms with van der Waals surface area (Å²) in [6.07, 6.45) is 3.45. The molecule has 1 amide bonds. The highest BCUT2D eigenvalue weighted by atomic mass is 32.2. The highest BCUT2D eigenvalue weighted by Gasteiger charge is 2.20. The summed E-state index contributed by atoms with van der Waals surface area (Å²) in [5.41, 5.74) is 3.92. The van der Waals surface area contributed by atoms with Crippen molar-refractivity contribution in [3.05, 3.63) is 96.2 Å². The van der Waals surface area contributed by atoms with E-state index in [0.717, 1.165) is 33.2 Å². The Kier molecular flexibility index (Phi) is 6.35. The van der Waals surface area contributed by atoms with Crippen LogP contribution in [0.3, 0.4) is 0 Å². The van der Waals surface area contributed by atoms with Crippen LogP contribution in [0.2, 0.25) is 0 Å². The van der Waals surface area contributed by atoms with E-state index in [9.17, 15) is 9.35 Å². The maximum Gasteiger partial charge on any atom is 0.257 e. The van der Waals surface area contributed by atoms with E-state index in [2.05, 4.69) is 5.32 Å². The van der Waals surface area contributed by atoms with E-state index in [0.29, 0.717) is 11.3 Å². The largest absolute Gasteiger partial charge is 0.612 e. The Morgan fingerprint density at radius 2 is 1.62 bits per heavy atom. The highest BCUT2D eigenvalue weighted by molar-refractivity contribution is 7.90. The van der Waals surface area contributed by atoms with Crippen LogP contribution in [0.1, 0.15) is 15.9 Å². The van der Waals surface area contributed by atoms with Crippen molar-refractivity contribution in [1.29, 1.82) is 0 Å². The minimum absolute atomic E-state index is 0.198. The number of ether oxygens (including phenoxy) is 1. The van der Waals surface area contributed by atoms with Gasteiger partial charge in [0.05, 0.1) is 11.3 Å². The number of carbonyl (C=O) groups is 1. The summed E-state index contributed by atoms with van der Waals surface area (Å²) in [5.74, 6) is 1.27. The molecule has 1 N–H and O–H groups in total. The summed E-state index contributed by atoms with van der Waals surface area (Å²) >= 11 is -1.06. The van der Waals surface area contributed by atoms with Crippen LogP contribution in [0.4, 0.5) is 5.69 Å². The summed E-state index contributed by atoms with van der Waals surface area (Å²) in [7, 11) is 1.92. The number of para-hydroxylation sites is 2. The number of nitrogens with one attached hydrogen (secondary N) is 1. The molecule has 1 unspecified atom stereocenters. The molecule has 0 spiro atoms. The van der Waals surface area contributed by atoms with Crippen molar-refractivity contribution in [2.24, 2.45) is 7.05 Å². The van der Waals surface area contributed by atoms with Gasteiger partial charge in [-0.15, -0.1) is 0 Å². The van der Waals surface area contributed by atoms with Gasteiger partial charge in [0.15, 0.2) is 4.90 Å². The smallest absolute Gasteiger partial charge is 0.257 e. The minimum atomic E-state index is -1.06. The summed E-state index contributed by atoms with van der Waals surface area (Å²) in [6.45, 7) is 1.94. The second-order valence-corrected chi connectivity index (χ2v) is 8.85. The van der Waals surface area contributed by atoms with Gasteiger partial charge in [-0.1, -0.05) is 30.3 Å². The molecule has 1 atom stereocenters. The molecule has 3 aromatic carbocycles. The normalized spacial score (nSPS) is 11.8. The zero-order valence-electron chi connectivity index (χ0n) is 18.2. The third-order valence-corrected chi connectivity index (χ3v) is 6.17. The summed E-state index contributed by atoms with van der Waals surface area (Å²) < 4.78 is 19.6. The summed E-state index contributed by atoms with van der Waals surface area (Å²) in [6, 6.07) is 24.5. The molecule has 0 aliphatic heterocycles. The van der Waals surface area contributed by atoms with Gasteiger partial charge in [-0.2, -0.15) is 0 Å². The van der Waals surface area contributed by atoms with E-state index in [1.807, 2.05) is 79.3 Å². The lowest BCUT2D eigenvalue weighted by atomic mass is 10.0. The first-order valence-corrected chi connectivity index (χ1v) is 11.7. The van der Waals surface area contributed by atoms with Crippen LogP contribution in [0.25, 0.3) is 11.3 Å².